The molecule has 4 heteroatoms. The highest BCUT2D eigenvalue weighted by molar-refractivity contribution is 5.97. The molecule has 0 amide bonds. The van der Waals surface area contributed by atoms with Gasteiger partial charge in [-0.2, -0.15) is 0 Å². The van der Waals surface area contributed by atoms with Crippen molar-refractivity contribution in [2.45, 2.75) is 39.2 Å². The minimum absolute atomic E-state index is 0.0114. The van der Waals surface area contributed by atoms with E-state index in [1.807, 2.05) is 0 Å². The summed E-state index contributed by atoms with van der Waals surface area (Å²) in [7, 11) is 1.40. The van der Waals surface area contributed by atoms with E-state index in [4.69, 9.17) is 9.47 Å². The molecule has 2 rings (SSSR count). The van der Waals surface area contributed by atoms with Crippen LogP contribution in [0.4, 0.5) is 4.39 Å². The highest BCUT2D eigenvalue weighted by Crippen LogP contribution is 2.31. The molecule has 0 N–H and O–H groups in total. The minimum Gasteiger partial charge on any atom is -0.494 e. The normalized spacial score (nSPS) is 25.6. The molecule has 0 spiro atoms. The fourth-order valence-electron chi connectivity index (χ4n) is 2.77. The van der Waals surface area contributed by atoms with Crippen LogP contribution in [0, 0.1) is 17.7 Å². The quantitative estimate of drug-likeness (QED) is 0.774. The van der Waals surface area contributed by atoms with E-state index in [1.54, 1.807) is 6.07 Å². The van der Waals surface area contributed by atoms with Gasteiger partial charge in [0.25, 0.3) is 0 Å². The molecule has 21 heavy (non-hydrogen) atoms. The first-order chi connectivity index (χ1) is 10.0. The Morgan fingerprint density at radius 2 is 2.05 bits per heavy atom. The Kier molecular flexibility index (Phi) is 5.34. The number of benzene rings is 1. The lowest BCUT2D eigenvalue weighted by molar-refractivity contribution is 0.00706. The van der Waals surface area contributed by atoms with E-state index >= 15 is 0 Å². The Labute approximate surface area is 125 Å². The molecule has 1 fully saturated rings. The number of rotatable bonds is 5. The summed E-state index contributed by atoms with van der Waals surface area (Å²) in [6.07, 6.45) is 3.27. The average molecular weight is 294 g/mol. The van der Waals surface area contributed by atoms with Gasteiger partial charge in [0.2, 0.25) is 0 Å². The molecule has 3 nitrogen and oxygen atoms in total. The average Bonchev–Trinajstić information content (AvgIpc) is 2.48. The van der Waals surface area contributed by atoms with Crippen molar-refractivity contribution in [3.05, 3.63) is 29.6 Å². The van der Waals surface area contributed by atoms with Crippen molar-refractivity contribution < 1.29 is 18.7 Å². The van der Waals surface area contributed by atoms with Gasteiger partial charge in [0.05, 0.1) is 13.2 Å². The highest BCUT2D eigenvalue weighted by atomic mass is 19.1. The summed E-state index contributed by atoms with van der Waals surface area (Å²) >= 11 is 0. The molecule has 1 aromatic carbocycles. The van der Waals surface area contributed by atoms with Crippen molar-refractivity contribution >= 4 is 5.78 Å². The Hall–Kier alpha value is -1.42. The van der Waals surface area contributed by atoms with Crippen LogP contribution in [-0.2, 0) is 4.74 Å². The van der Waals surface area contributed by atoms with Crippen LogP contribution in [0.5, 0.6) is 5.75 Å². The number of hydrogen-bond acceptors (Lipinski definition) is 3. The molecular weight excluding hydrogens is 271 g/mol. The van der Waals surface area contributed by atoms with Crippen molar-refractivity contribution in [2.75, 3.05) is 13.7 Å². The van der Waals surface area contributed by atoms with Crippen LogP contribution in [0.25, 0.3) is 0 Å². The van der Waals surface area contributed by atoms with Gasteiger partial charge in [-0.05, 0) is 49.3 Å². The molecule has 0 aliphatic heterocycles. The third-order valence-electron chi connectivity index (χ3n) is 4.47. The second-order valence-electron chi connectivity index (χ2n) is 5.97. The van der Waals surface area contributed by atoms with E-state index in [9.17, 15) is 9.18 Å². The Bertz CT molecular complexity index is 501. The lowest BCUT2D eigenvalue weighted by atomic mass is 9.80. The summed E-state index contributed by atoms with van der Waals surface area (Å²) < 4.78 is 24.1. The number of carbonyl (C=O) groups is 1. The van der Waals surface area contributed by atoms with Crippen molar-refractivity contribution in [3.8, 4) is 5.75 Å². The molecule has 3 atom stereocenters. The second kappa shape index (κ2) is 7.03. The van der Waals surface area contributed by atoms with Crippen LogP contribution in [-0.4, -0.2) is 25.6 Å². The largest absolute Gasteiger partial charge is 0.494 e. The second-order valence-corrected chi connectivity index (χ2v) is 5.97. The van der Waals surface area contributed by atoms with Gasteiger partial charge in [0.15, 0.2) is 17.3 Å². The molecule has 0 saturated heterocycles. The maximum Gasteiger partial charge on any atom is 0.188 e. The van der Waals surface area contributed by atoms with Crippen molar-refractivity contribution in [2.24, 2.45) is 11.8 Å². The number of ether oxygens (including phenoxy) is 2. The Morgan fingerprint density at radius 3 is 2.67 bits per heavy atom. The van der Waals surface area contributed by atoms with E-state index in [1.165, 1.54) is 19.2 Å². The monoisotopic (exact) mass is 294 g/mol. The van der Waals surface area contributed by atoms with E-state index in [0.717, 1.165) is 25.2 Å². The molecule has 116 valence electrons. The van der Waals surface area contributed by atoms with Crippen molar-refractivity contribution in [1.29, 1.82) is 0 Å². The zero-order chi connectivity index (χ0) is 15.4. The van der Waals surface area contributed by atoms with Gasteiger partial charge in [-0.25, -0.2) is 4.39 Å². The van der Waals surface area contributed by atoms with Gasteiger partial charge in [0.1, 0.15) is 6.61 Å². The number of ketones is 1. The SMILES string of the molecule is COc1ccc(C(=O)COC2CCC(C)C(C)C2)cc1F. The van der Waals surface area contributed by atoms with Gasteiger partial charge >= 0.3 is 0 Å². The first-order valence-corrected chi connectivity index (χ1v) is 7.49. The Morgan fingerprint density at radius 1 is 1.29 bits per heavy atom. The molecule has 1 aliphatic rings. The number of halogens is 1. The fraction of sp³-hybridized carbons (Fsp3) is 0.588. The van der Waals surface area contributed by atoms with Crippen LogP contribution < -0.4 is 4.74 Å². The molecule has 3 unspecified atom stereocenters. The molecule has 1 saturated carbocycles. The van der Waals surface area contributed by atoms with Crippen LogP contribution >= 0.6 is 0 Å². The molecule has 1 aromatic rings. The highest BCUT2D eigenvalue weighted by Gasteiger charge is 2.25. The van der Waals surface area contributed by atoms with Crippen LogP contribution in [0.2, 0.25) is 0 Å². The first kappa shape index (κ1) is 16.0. The predicted octanol–water partition coefficient (Wildman–Crippen LogP) is 3.86. The lowest BCUT2D eigenvalue weighted by Crippen LogP contribution is -2.28. The van der Waals surface area contributed by atoms with Gasteiger partial charge in [-0.1, -0.05) is 13.8 Å². The summed E-state index contributed by atoms with van der Waals surface area (Å²) in [6, 6.07) is 4.24. The lowest BCUT2D eigenvalue weighted by Gasteiger charge is -2.31. The maximum absolute atomic E-state index is 13.6. The summed E-state index contributed by atoms with van der Waals surface area (Å²) in [5.74, 6) is 0.766. The van der Waals surface area contributed by atoms with E-state index < -0.39 is 5.82 Å². The van der Waals surface area contributed by atoms with Crippen LogP contribution in [0.3, 0.4) is 0 Å². The van der Waals surface area contributed by atoms with E-state index in [0.29, 0.717) is 11.5 Å². The number of carbonyl (C=O) groups excluding carboxylic acids is 1. The summed E-state index contributed by atoms with van der Waals surface area (Å²) in [5.41, 5.74) is 0.325. The zero-order valence-electron chi connectivity index (χ0n) is 12.9. The van der Waals surface area contributed by atoms with Crippen molar-refractivity contribution in [3.63, 3.8) is 0 Å². The fourth-order valence-corrected chi connectivity index (χ4v) is 2.77. The summed E-state index contributed by atoms with van der Waals surface area (Å²) in [6.45, 7) is 4.49. The summed E-state index contributed by atoms with van der Waals surface area (Å²) in [5, 5.41) is 0. The van der Waals surface area contributed by atoms with Crippen molar-refractivity contribution in [1.82, 2.24) is 0 Å². The zero-order valence-corrected chi connectivity index (χ0v) is 12.9. The molecule has 0 heterocycles. The number of methoxy groups -OCH3 is 1. The van der Waals surface area contributed by atoms with Gasteiger partial charge in [0, 0.05) is 5.56 Å². The van der Waals surface area contributed by atoms with Crippen LogP contribution in [0.15, 0.2) is 18.2 Å². The predicted molar refractivity (Wildman–Crippen MR) is 79.2 cm³/mol. The standard InChI is InChI=1S/C17H23FO3/c1-11-4-6-14(8-12(11)2)21-10-16(19)13-5-7-17(20-3)15(18)9-13/h5,7,9,11-12,14H,4,6,8,10H2,1-3H3. The van der Waals surface area contributed by atoms with Gasteiger partial charge < -0.3 is 9.47 Å². The molecule has 1 aliphatic carbocycles. The van der Waals surface area contributed by atoms with E-state index in [-0.39, 0.29) is 24.2 Å². The molecular formula is C17H23FO3. The third-order valence-corrected chi connectivity index (χ3v) is 4.47. The third kappa shape index (κ3) is 4.03. The summed E-state index contributed by atoms with van der Waals surface area (Å²) in [4.78, 5) is 12.1. The molecule has 0 bridgehead atoms. The van der Waals surface area contributed by atoms with E-state index in [2.05, 4.69) is 13.8 Å². The Balaban J connectivity index is 1.88. The first-order valence-electron chi connectivity index (χ1n) is 7.49. The maximum atomic E-state index is 13.6. The van der Waals surface area contributed by atoms with Crippen LogP contribution in [0.1, 0.15) is 43.5 Å². The topological polar surface area (TPSA) is 35.5 Å². The molecule has 0 radical (unpaired) electrons. The molecule has 0 aromatic heterocycles. The van der Waals surface area contributed by atoms with Gasteiger partial charge in [-0.3, -0.25) is 4.79 Å². The smallest absolute Gasteiger partial charge is 0.188 e. The van der Waals surface area contributed by atoms with Gasteiger partial charge in [-0.15, -0.1) is 0 Å². The number of Topliss-reactive ketones (excluding diaryl/α,β-unsaturated/α-hetero) is 1. The number of hydrogen-bond donors (Lipinski definition) is 0. The minimum atomic E-state index is -0.525.